The van der Waals surface area contributed by atoms with Crippen LogP contribution in [0.3, 0.4) is 0 Å². The maximum atomic E-state index is 14.5. The number of amides is 1. The summed E-state index contributed by atoms with van der Waals surface area (Å²) in [5.41, 5.74) is 12.1. The second-order valence-electron chi connectivity index (χ2n) is 12.7. The van der Waals surface area contributed by atoms with E-state index in [2.05, 4.69) is 26.3 Å². The molecule has 1 aromatic carbocycles. The SMILES string of the molecule is CONC(=O)C(N)=CC1=NCCCN(c2nc(OC[C@@]34CCCN3CC(F)C4)nc3c2CO[C@@]2(CCc4c(Cl)cccc42)C3)C1. The molecule has 0 saturated carbocycles. The Morgan fingerprint density at radius 3 is 3.02 bits per heavy atom. The van der Waals surface area contributed by atoms with Crippen molar-refractivity contribution in [3.8, 4) is 6.01 Å². The summed E-state index contributed by atoms with van der Waals surface area (Å²) in [6.45, 7) is 3.65. The van der Waals surface area contributed by atoms with Crippen LogP contribution in [-0.2, 0) is 39.4 Å². The number of carbonyl (C=O) groups is 1. The van der Waals surface area contributed by atoms with E-state index >= 15 is 0 Å². The molecule has 7 rings (SSSR count). The predicted molar refractivity (Wildman–Crippen MR) is 167 cm³/mol. The van der Waals surface area contributed by atoms with Crippen molar-refractivity contribution in [3.05, 3.63) is 57.4 Å². The molecule has 1 aliphatic carbocycles. The number of alkyl halides is 1. The minimum absolute atomic E-state index is 0.00173. The summed E-state index contributed by atoms with van der Waals surface area (Å²) in [4.78, 5) is 35.9. The maximum absolute atomic E-state index is 14.5. The van der Waals surface area contributed by atoms with Gasteiger partial charge in [-0.15, -0.1) is 0 Å². The Hall–Kier alpha value is -3.32. The molecular formula is C32H39ClFN7O4. The number of nitrogens with two attached hydrogens (primary N) is 1. The number of hydroxylamine groups is 1. The molecule has 0 bridgehead atoms. The van der Waals surface area contributed by atoms with Gasteiger partial charge in [0.05, 0.1) is 42.8 Å². The zero-order valence-corrected chi connectivity index (χ0v) is 26.2. The van der Waals surface area contributed by atoms with Crippen LogP contribution in [0.4, 0.5) is 10.2 Å². The number of ether oxygens (including phenoxy) is 2. The summed E-state index contributed by atoms with van der Waals surface area (Å²) in [6, 6.07) is 6.29. The maximum Gasteiger partial charge on any atom is 0.318 e. The molecule has 11 nitrogen and oxygen atoms in total. The first kappa shape index (κ1) is 30.3. The van der Waals surface area contributed by atoms with Crippen molar-refractivity contribution in [2.45, 2.75) is 68.9 Å². The zero-order chi connectivity index (χ0) is 31.2. The second kappa shape index (κ2) is 12.1. The number of hydrogen-bond donors (Lipinski definition) is 2. The fourth-order valence-electron chi connectivity index (χ4n) is 7.81. The van der Waals surface area contributed by atoms with E-state index in [9.17, 15) is 9.18 Å². The number of benzene rings is 1. The lowest BCUT2D eigenvalue weighted by molar-refractivity contribution is -0.127. The van der Waals surface area contributed by atoms with Crippen LogP contribution in [0.1, 0.15) is 54.5 Å². The fraction of sp³-hybridized carbons (Fsp3) is 0.562. The Kier molecular flexibility index (Phi) is 8.18. The van der Waals surface area contributed by atoms with Crippen LogP contribution in [0.5, 0.6) is 6.01 Å². The van der Waals surface area contributed by atoms with E-state index < -0.39 is 17.7 Å². The molecule has 3 N–H and O–H groups in total. The third-order valence-corrected chi connectivity index (χ3v) is 10.3. The number of rotatable bonds is 7. The lowest BCUT2D eigenvalue weighted by Crippen LogP contribution is -2.43. The molecule has 1 amide bonds. The molecule has 0 radical (unpaired) electrons. The molecule has 2 fully saturated rings. The lowest BCUT2D eigenvalue weighted by atomic mass is 9.87. The zero-order valence-electron chi connectivity index (χ0n) is 25.5. The van der Waals surface area contributed by atoms with Crippen LogP contribution < -0.4 is 20.9 Å². The summed E-state index contributed by atoms with van der Waals surface area (Å²) in [5.74, 6) is 0.178. The monoisotopic (exact) mass is 639 g/mol. The van der Waals surface area contributed by atoms with Gasteiger partial charge in [0.15, 0.2) is 0 Å². The third kappa shape index (κ3) is 5.66. The summed E-state index contributed by atoms with van der Waals surface area (Å²) in [6.07, 6.45) is 6.11. The van der Waals surface area contributed by atoms with E-state index in [-0.39, 0.29) is 17.2 Å². The minimum Gasteiger partial charge on any atom is -0.461 e. The van der Waals surface area contributed by atoms with Crippen molar-refractivity contribution in [1.82, 2.24) is 20.3 Å². The molecule has 1 aromatic heterocycles. The molecule has 3 atom stereocenters. The number of aliphatic imine (C=N–C) groups is 1. The van der Waals surface area contributed by atoms with Crippen molar-refractivity contribution in [2.75, 3.05) is 51.3 Å². The summed E-state index contributed by atoms with van der Waals surface area (Å²) < 4.78 is 27.6. The third-order valence-electron chi connectivity index (χ3n) is 9.95. The molecule has 5 aliphatic rings. The first-order chi connectivity index (χ1) is 21.8. The second-order valence-corrected chi connectivity index (χ2v) is 13.1. The number of aromatic nitrogens is 2. The number of anilines is 1. The van der Waals surface area contributed by atoms with Crippen LogP contribution in [0.25, 0.3) is 0 Å². The average molecular weight is 640 g/mol. The van der Waals surface area contributed by atoms with Gasteiger partial charge in [-0.25, -0.2) is 9.87 Å². The number of hydrogen-bond acceptors (Lipinski definition) is 10. The van der Waals surface area contributed by atoms with E-state index in [1.165, 1.54) is 7.11 Å². The Morgan fingerprint density at radius 1 is 1.27 bits per heavy atom. The van der Waals surface area contributed by atoms with Gasteiger partial charge < -0.3 is 20.1 Å². The number of fused-ring (bicyclic) bond motifs is 4. The molecule has 240 valence electrons. The summed E-state index contributed by atoms with van der Waals surface area (Å²) in [5, 5.41) is 0.761. The molecule has 2 saturated heterocycles. The van der Waals surface area contributed by atoms with Crippen LogP contribution in [0, 0.1) is 0 Å². The highest BCUT2D eigenvalue weighted by Gasteiger charge is 2.50. The van der Waals surface area contributed by atoms with Crippen molar-refractivity contribution in [2.24, 2.45) is 10.7 Å². The minimum atomic E-state index is -0.846. The smallest absolute Gasteiger partial charge is 0.318 e. The highest BCUT2D eigenvalue weighted by Crippen LogP contribution is 2.49. The lowest BCUT2D eigenvalue weighted by Gasteiger charge is -2.37. The number of halogens is 2. The van der Waals surface area contributed by atoms with E-state index in [1.807, 2.05) is 12.1 Å². The van der Waals surface area contributed by atoms with Gasteiger partial charge in [-0.3, -0.25) is 19.5 Å². The van der Waals surface area contributed by atoms with Gasteiger partial charge in [0.1, 0.15) is 24.3 Å². The van der Waals surface area contributed by atoms with Gasteiger partial charge in [0.25, 0.3) is 5.91 Å². The van der Waals surface area contributed by atoms with Crippen molar-refractivity contribution >= 4 is 29.0 Å². The van der Waals surface area contributed by atoms with Gasteiger partial charge in [-0.05, 0) is 61.9 Å². The Morgan fingerprint density at radius 2 is 2.16 bits per heavy atom. The van der Waals surface area contributed by atoms with E-state index in [4.69, 9.17) is 41.6 Å². The Bertz CT molecular complexity index is 1560. The first-order valence-electron chi connectivity index (χ1n) is 15.7. The standard InChI is InChI=1S/C32H39ClFN7O4/c1-43-39-29(42)26(35)13-21-17-40(11-4-10-36-21)28-23-18-45-32(9-7-22-24(32)5-2-6-25(22)33)15-27(23)37-30(38-28)44-19-31-8-3-12-41(31)16-20(34)14-31/h2,5-6,13,20H,3-4,7-12,14-19,35H2,1H3,(H,39,42)/t20?,31-,32-/m0/s1. The van der Waals surface area contributed by atoms with Crippen molar-refractivity contribution < 1.29 is 23.5 Å². The van der Waals surface area contributed by atoms with Gasteiger partial charge in [-0.1, -0.05) is 23.7 Å². The quantitative estimate of drug-likeness (QED) is 0.347. The predicted octanol–water partition coefficient (Wildman–Crippen LogP) is 3.17. The van der Waals surface area contributed by atoms with Gasteiger partial charge in [0, 0.05) is 43.1 Å². The van der Waals surface area contributed by atoms with E-state index in [0.717, 1.165) is 66.1 Å². The van der Waals surface area contributed by atoms with Crippen LogP contribution >= 0.6 is 11.6 Å². The Balaban J connectivity index is 1.23. The molecule has 13 heteroatoms. The van der Waals surface area contributed by atoms with E-state index in [1.54, 1.807) is 6.08 Å². The number of nitrogens with one attached hydrogen (secondary N) is 1. The average Bonchev–Trinajstić information content (AvgIpc) is 3.60. The first-order valence-corrected chi connectivity index (χ1v) is 16.1. The topological polar surface area (TPSA) is 127 Å². The van der Waals surface area contributed by atoms with Crippen LogP contribution in [0.2, 0.25) is 5.02 Å². The van der Waals surface area contributed by atoms with Gasteiger partial charge in [-0.2, -0.15) is 9.97 Å². The largest absolute Gasteiger partial charge is 0.461 e. The highest BCUT2D eigenvalue weighted by atomic mass is 35.5. The van der Waals surface area contributed by atoms with Gasteiger partial charge in [0.2, 0.25) is 0 Å². The van der Waals surface area contributed by atoms with Crippen molar-refractivity contribution in [1.29, 1.82) is 0 Å². The van der Waals surface area contributed by atoms with Crippen molar-refractivity contribution in [3.63, 3.8) is 0 Å². The number of carbonyl (C=O) groups excluding carboxylic acids is 1. The molecule has 4 aliphatic heterocycles. The molecule has 45 heavy (non-hydrogen) atoms. The number of nitrogens with zero attached hydrogens (tertiary/aromatic N) is 5. The molecule has 2 aromatic rings. The molecule has 5 heterocycles. The normalized spacial score (nSPS) is 28.0. The Labute approximate surface area is 266 Å². The summed E-state index contributed by atoms with van der Waals surface area (Å²) in [7, 11) is 1.35. The van der Waals surface area contributed by atoms with Crippen LogP contribution in [0.15, 0.2) is 35.0 Å². The molecule has 1 spiro atoms. The highest BCUT2D eigenvalue weighted by molar-refractivity contribution is 6.31. The van der Waals surface area contributed by atoms with E-state index in [0.29, 0.717) is 63.8 Å². The molecular weight excluding hydrogens is 601 g/mol. The van der Waals surface area contributed by atoms with Crippen LogP contribution in [-0.4, -0.2) is 84.6 Å². The summed E-state index contributed by atoms with van der Waals surface area (Å²) >= 11 is 6.59. The van der Waals surface area contributed by atoms with Gasteiger partial charge >= 0.3 is 6.01 Å². The fourth-order valence-corrected chi connectivity index (χ4v) is 8.08. The molecule has 1 unspecified atom stereocenters.